The first-order chi connectivity index (χ1) is 6.16. The number of allylic oxidation sites excluding steroid dienone is 3. The Morgan fingerprint density at radius 1 is 1.54 bits per heavy atom. The normalized spacial score (nSPS) is 13.8. The molecular formula is C10H18N2O. The van der Waals surface area contributed by atoms with Gasteiger partial charge in [0.2, 0.25) is 5.91 Å². The molecule has 0 aromatic heterocycles. The van der Waals surface area contributed by atoms with Crippen molar-refractivity contribution in [3.05, 3.63) is 24.3 Å². The van der Waals surface area contributed by atoms with Gasteiger partial charge >= 0.3 is 0 Å². The summed E-state index contributed by atoms with van der Waals surface area (Å²) in [6.07, 6.45) is 7.70. The number of carbonyl (C=O) groups excluding carboxylic acids is 1. The maximum Gasteiger partial charge on any atom is 0.243 e. The maximum atomic E-state index is 11.0. The average molecular weight is 182 g/mol. The predicted molar refractivity (Wildman–Crippen MR) is 55.2 cm³/mol. The minimum atomic E-state index is -0.0706. The summed E-state index contributed by atoms with van der Waals surface area (Å²) in [5, 5.41) is 2.73. The van der Waals surface area contributed by atoms with Crippen LogP contribution in [0.3, 0.4) is 0 Å². The Kier molecular flexibility index (Phi) is 6.92. The first-order valence-corrected chi connectivity index (χ1v) is 4.49. The molecule has 0 aliphatic heterocycles. The van der Waals surface area contributed by atoms with Crippen LogP contribution >= 0.6 is 0 Å². The second-order valence-corrected chi connectivity index (χ2v) is 2.94. The van der Waals surface area contributed by atoms with Gasteiger partial charge in [0.05, 0.1) is 0 Å². The highest BCUT2D eigenvalue weighted by atomic mass is 16.1. The van der Waals surface area contributed by atoms with Crippen LogP contribution in [0.1, 0.15) is 20.3 Å². The Hall–Kier alpha value is -1.09. The number of hydrogen-bond donors (Lipinski definition) is 2. The fraction of sp³-hybridized carbons (Fsp3) is 0.500. The van der Waals surface area contributed by atoms with Crippen molar-refractivity contribution in [2.45, 2.75) is 26.3 Å². The minimum Gasteiger partial charge on any atom is -0.352 e. The monoisotopic (exact) mass is 182 g/mol. The number of hydrogen-bond acceptors (Lipinski definition) is 2. The van der Waals surface area contributed by atoms with Gasteiger partial charge in [0.25, 0.3) is 0 Å². The van der Waals surface area contributed by atoms with Gasteiger partial charge in [-0.2, -0.15) is 0 Å². The van der Waals surface area contributed by atoms with Crippen molar-refractivity contribution in [3.8, 4) is 0 Å². The summed E-state index contributed by atoms with van der Waals surface area (Å²) >= 11 is 0. The van der Waals surface area contributed by atoms with E-state index in [4.69, 9.17) is 5.73 Å². The number of nitrogens with one attached hydrogen (secondary N) is 1. The van der Waals surface area contributed by atoms with Crippen molar-refractivity contribution < 1.29 is 4.79 Å². The summed E-state index contributed by atoms with van der Waals surface area (Å²) in [4.78, 5) is 11.0. The zero-order valence-electron chi connectivity index (χ0n) is 8.29. The van der Waals surface area contributed by atoms with Crippen LogP contribution in [0.15, 0.2) is 24.3 Å². The minimum absolute atomic E-state index is 0.0706. The molecule has 0 rings (SSSR count). The molecule has 74 valence electrons. The summed E-state index contributed by atoms with van der Waals surface area (Å²) < 4.78 is 0. The molecule has 0 aliphatic carbocycles. The first-order valence-electron chi connectivity index (χ1n) is 4.49. The molecule has 1 amide bonds. The van der Waals surface area contributed by atoms with E-state index >= 15 is 0 Å². The van der Waals surface area contributed by atoms with Crippen molar-refractivity contribution in [1.82, 2.24) is 5.32 Å². The molecule has 13 heavy (non-hydrogen) atoms. The molecule has 1 atom stereocenters. The zero-order chi connectivity index (χ0) is 10.1. The van der Waals surface area contributed by atoms with Crippen molar-refractivity contribution in [2.75, 3.05) is 6.54 Å². The van der Waals surface area contributed by atoms with Crippen LogP contribution in [0.4, 0.5) is 0 Å². The molecule has 0 bridgehead atoms. The molecule has 0 heterocycles. The Labute approximate surface area is 79.7 Å². The van der Waals surface area contributed by atoms with E-state index in [9.17, 15) is 4.79 Å². The van der Waals surface area contributed by atoms with E-state index in [0.29, 0.717) is 6.54 Å². The Morgan fingerprint density at radius 3 is 2.77 bits per heavy atom. The van der Waals surface area contributed by atoms with Crippen LogP contribution < -0.4 is 11.1 Å². The summed E-state index contributed by atoms with van der Waals surface area (Å²) in [6.45, 7) is 4.46. The lowest BCUT2D eigenvalue weighted by molar-refractivity contribution is -0.116. The van der Waals surface area contributed by atoms with E-state index in [1.807, 2.05) is 26.0 Å². The molecule has 0 saturated carbocycles. The summed E-state index contributed by atoms with van der Waals surface area (Å²) in [7, 11) is 0. The van der Waals surface area contributed by atoms with Crippen LogP contribution in [-0.4, -0.2) is 18.5 Å². The van der Waals surface area contributed by atoms with Crippen LogP contribution in [0.25, 0.3) is 0 Å². The van der Waals surface area contributed by atoms with E-state index in [2.05, 4.69) is 5.32 Å². The second-order valence-electron chi connectivity index (χ2n) is 2.94. The number of rotatable bonds is 5. The van der Waals surface area contributed by atoms with E-state index < -0.39 is 0 Å². The third kappa shape index (κ3) is 8.82. The molecule has 0 aliphatic rings. The highest BCUT2D eigenvalue weighted by Crippen LogP contribution is 1.83. The van der Waals surface area contributed by atoms with Gasteiger partial charge in [0.1, 0.15) is 0 Å². The van der Waals surface area contributed by atoms with Gasteiger partial charge in [-0.1, -0.05) is 18.2 Å². The van der Waals surface area contributed by atoms with Crippen molar-refractivity contribution in [3.63, 3.8) is 0 Å². The molecular weight excluding hydrogens is 164 g/mol. The smallest absolute Gasteiger partial charge is 0.243 e. The molecule has 3 nitrogen and oxygen atoms in total. The SMILES string of the molecule is CC=CC=CC(=O)NCCC(C)N. The predicted octanol–water partition coefficient (Wildman–Crippen LogP) is 0.972. The topological polar surface area (TPSA) is 55.1 Å². The quantitative estimate of drug-likeness (QED) is 0.492. The molecule has 0 radical (unpaired) electrons. The third-order valence-electron chi connectivity index (χ3n) is 1.45. The van der Waals surface area contributed by atoms with Gasteiger partial charge in [0, 0.05) is 18.7 Å². The van der Waals surface area contributed by atoms with Gasteiger partial charge in [-0.3, -0.25) is 4.79 Å². The van der Waals surface area contributed by atoms with E-state index in [0.717, 1.165) is 6.42 Å². The van der Waals surface area contributed by atoms with Gasteiger partial charge < -0.3 is 11.1 Å². The van der Waals surface area contributed by atoms with E-state index in [1.54, 1.807) is 6.08 Å². The number of carbonyl (C=O) groups is 1. The second kappa shape index (κ2) is 7.55. The lowest BCUT2D eigenvalue weighted by atomic mass is 10.2. The molecule has 0 saturated heterocycles. The van der Waals surface area contributed by atoms with Crippen LogP contribution in [0.5, 0.6) is 0 Å². The highest BCUT2D eigenvalue weighted by Gasteiger charge is 1.95. The van der Waals surface area contributed by atoms with Crippen LogP contribution in [-0.2, 0) is 4.79 Å². The van der Waals surface area contributed by atoms with Gasteiger partial charge in [0.15, 0.2) is 0 Å². The average Bonchev–Trinajstić information content (AvgIpc) is 2.04. The third-order valence-corrected chi connectivity index (χ3v) is 1.45. The zero-order valence-corrected chi connectivity index (χ0v) is 8.29. The maximum absolute atomic E-state index is 11.0. The number of nitrogens with two attached hydrogens (primary N) is 1. The Morgan fingerprint density at radius 2 is 2.23 bits per heavy atom. The molecule has 0 aromatic carbocycles. The lowest BCUT2D eigenvalue weighted by Gasteiger charge is -2.04. The molecule has 3 N–H and O–H groups in total. The molecule has 0 fully saturated rings. The van der Waals surface area contributed by atoms with Gasteiger partial charge in [-0.05, 0) is 20.3 Å². The molecule has 1 unspecified atom stereocenters. The van der Waals surface area contributed by atoms with E-state index in [1.165, 1.54) is 6.08 Å². The lowest BCUT2D eigenvalue weighted by Crippen LogP contribution is -2.27. The Bertz CT molecular complexity index is 195. The van der Waals surface area contributed by atoms with Crippen molar-refractivity contribution in [2.24, 2.45) is 5.73 Å². The fourth-order valence-corrected chi connectivity index (χ4v) is 0.736. The Balaban J connectivity index is 3.51. The highest BCUT2D eigenvalue weighted by molar-refractivity contribution is 5.87. The van der Waals surface area contributed by atoms with Crippen molar-refractivity contribution >= 4 is 5.91 Å². The molecule has 3 heteroatoms. The van der Waals surface area contributed by atoms with Gasteiger partial charge in [-0.15, -0.1) is 0 Å². The van der Waals surface area contributed by atoms with Crippen LogP contribution in [0.2, 0.25) is 0 Å². The summed E-state index contributed by atoms with van der Waals surface area (Å²) in [5.74, 6) is -0.0706. The van der Waals surface area contributed by atoms with Gasteiger partial charge in [-0.25, -0.2) is 0 Å². The van der Waals surface area contributed by atoms with Crippen molar-refractivity contribution in [1.29, 1.82) is 0 Å². The van der Waals surface area contributed by atoms with E-state index in [-0.39, 0.29) is 11.9 Å². The molecule has 0 aromatic rings. The number of amides is 1. The van der Waals surface area contributed by atoms with Crippen LogP contribution in [0, 0.1) is 0 Å². The summed E-state index contributed by atoms with van der Waals surface area (Å²) in [5.41, 5.74) is 5.52. The standard InChI is InChI=1S/C10H18N2O/c1-3-4-5-6-10(13)12-8-7-9(2)11/h3-6,9H,7-8,11H2,1-2H3,(H,12,13). The largest absolute Gasteiger partial charge is 0.352 e. The summed E-state index contributed by atoms with van der Waals surface area (Å²) in [6, 6.07) is 0.139. The molecule has 0 spiro atoms. The first kappa shape index (κ1) is 11.9. The fourth-order valence-electron chi connectivity index (χ4n) is 0.736.